The molecule has 0 bridgehead atoms. The van der Waals surface area contributed by atoms with Crippen LogP contribution in [0, 0.1) is 22.9 Å². The lowest BCUT2D eigenvalue weighted by atomic mass is 10.2. The van der Waals surface area contributed by atoms with E-state index >= 15 is 0 Å². The quantitative estimate of drug-likeness (QED) is 0.675. The van der Waals surface area contributed by atoms with Gasteiger partial charge in [0.25, 0.3) is 0 Å². The van der Waals surface area contributed by atoms with Crippen LogP contribution < -0.4 is 10.1 Å². The van der Waals surface area contributed by atoms with Gasteiger partial charge < -0.3 is 10.1 Å². The van der Waals surface area contributed by atoms with E-state index in [0.717, 1.165) is 29.5 Å². The maximum absolute atomic E-state index is 13.3. The van der Waals surface area contributed by atoms with E-state index < -0.39 is 10.7 Å². The normalized spacial score (nSPS) is 10.7. The zero-order chi connectivity index (χ0) is 15.6. The molecular formula is C13H15FN4O3. The number of rotatable bonds is 5. The van der Waals surface area contributed by atoms with Crippen molar-refractivity contribution in [3.05, 3.63) is 45.4 Å². The first-order chi connectivity index (χ1) is 9.93. The summed E-state index contributed by atoms with van der Waals surface area (Å²) in [5.74, 6) is -0.416. The molecule has 0 amide bonds. The molecule has 0 saturated heterocycles. The van der Waals surface area contributed by atoms with E-state index in [2.05, 4.69) is 10.4 Å². The second-order valence-corrected chi connectivity index (χ2v) is 4.49. The van der Waals surface area contributed by atoms with Crippen LogP contribution in [0.5, 0.6) is 11.6 Å². The third kappa shape index (κ3) is 3.00. The van der Waals surface area contributed by atoms with Gasteiger partial charge in [0, 0.05) is 25.7 Å². The summed E-state index contributed by atoms with van der Waals surface area (Å²) in [5.41, 5.74) is 1.20. The maximum Gasteiger partial charge on any atom is 0.311 e. The van der Waals surface area contributed by atoms with Crippen molar-refractivity contribution in [2.45, 2.75) is 13.5 Å². The monoisotopic (exact) mass is 294 g/mol. The molecule has 1 aromatic heterocycles. The largest absolute Gasteiger partial charge is 0.432 e. The standard InChI is InChI=1S/C13H15FN4O3/c1-8-10(7-15-2)13(17(3)16-8)21-12-6-9(14)4-5-11(12)18(19)20/h4-6,15H,7H2,1-3H3. The molecule has 21 heavy (non-hydrogen) atoms. The fourth-order valence-corrected chi connectivity index (χ4v) is 2.01. The molecule has 0 aliphatic rings. The lowest BCUT2D eigenvalue weighted by Gasteiger charge is -2.09. The Bertz CT molecular complexity index is 684. The van der Waals surface area contributed by atoms with Gasteiger partial charge in [-0.3, -0.25) is 10.1 Å². The van der Waals surface area contributed by atoms with E-state index in [4.69, 9.17) is 4.74 Å². The summed E-state index contributed by atoms with van der Waals surface area (Å²) in [5, 5.41) is 18.2. The topological polar surface area (TPSA) is 82.2 Å². The van der Waals surface area contributed by atoms with E-state index in [9.17, 15) is 14.5 Å². The number of aryl methyl sites for hydroxylation is 2. The summed E-state index contributed by atoms with van der Waals surface area (Å²) < 4.78 is 20.4. The molecule has 1 heterocycles. The minimum Gasteiger partial charge on any atom is -0.432 e. The van der Waals surface area contributed by atoms with E-state index in [1.807, 2.05) is 0 Å². The van der Waals surface area contributed by atoms with Crippen molar-refractivity contribution < 1.29 is 14.1 Å². The Hall–Kier alpha value is -2.48. The van der Waals surface area contributed by atoms with Crippen LogP contribution in [-0.2, 0) is 13.6 Å². The van der Waals surface area contributed by atoms with Crippen LogP contribution in [0.1, 0.15) is 11.3 Å². The third-order valence-electron chi connectivity index (χ3n) is 2.97. The van der Waals surface area contributed by atoms with E-state index in [1.54, 1.807) is 21.0 Å². The summed E-state index contributed by atoms with van der Waals surface area (Å²) in [6, 6.07) is 3.09. The van der Waals surface area contributed by atoms with E-state index in [0.29, 0.717) is 12.4 Å². The minimum atomic E-state index is -0.615. The van der Waals surface area contributed by atoms with Crippen LogP contribution in [0.25, 0.3) is 0 Å². The van der Waals surface area contributed by atoms with E-state index in [-0.39, 0.29) is 11.4 Å². The smallest absolute Gasteiger partial charge is 0.311 e. The van der Waals surface area contributed by atoms with Crippen molar-refractivity contribution >= 4 is 5.69 Å². The predicted octanol–water partition coefficient (Wildman–Crippen LogP) is 2.29. The van der Waals surface area contributed by atoms with Gasteiger partial charge in [-0.2, -0.15) is 5.10 Å². The van der Waals surface area contributed by atoms with Gasteiger partial charge >= 0.3 is 5.69 Å². The summed E-state index contributed by atoms with van der Waals surface area (Å²) in [7, 11) is 3.42. The minimum absolute atomic E-state index is 0.152. The molecule has 0 radical (unpaired) electrons. The molecule has 0 atom stereocenters. The highest BCUT2D eigenvalue weighted by Gasteiger charge is 2.21. The first-order valence-electron chi connectivity index (χ1n) is 6.23. The van der Waals surface area contributed by atoms with Crippen molar-refractivity contribution in [2.24, 2.45) is 7.05 Å². The molecule has 112 valence electrons. The predicted molar refractivity (Wildman–Crippen MR) is 73.8 cm³/mol. The Labute approximate surface area is 120 Å². The number of nitrogens with one attached hydrogen (secondary N) is 1. The number of nitro groups is 1. The Kier molecular flexibility index (Phi) is 4.18. The van der Waals surface area contributed by atoms with Gasteiger partial charge in [-0.1, -0.05) is 0 Å². The summed E-state index contributed by atoms with van der Waals surface area (Å²) in [6.07, 6.45) is 0. The summed E-state index contributed by atoms with van der Waals surface area (Å²) >= 11 is 0. The zero-order valence-corrected chi connectivity index (χ0v) is 11.9. The molecule has 0 spiro atoms. The Morgan fingerprint density at radius 2 is 2.24 bits per heavy atom. The van der Waals surface area contributed by atoms with Gasteiger partial charge in [0.2, 0.25) is 11.6 Å². The Morgan fingerprint density at radius 3 is 2.86 bits per heavy atom. The SMILES string of the molecule is CNCc1c(C)nn(C)c1Oc1cc(F)ccc1[N+](=O)[O-]. The fraction of sp³-hybridized carbons (Fsp3) is 0.308. The number of benzene rings is 1. The maximum atomic E-state index is 13.3. The lowest BCUT2D eigenvalue weighted by Crippen LogP contribution is -2.07. The molecule has 1 N–H and O–H groups in total. The van der Waals surface area contributed by atoms with Crippen LogP contribution in [0.3, 0.4) is 0 Å². The Balaban J connectivity index is 2.47. The van der Waals surface area contributed by atoms with Crippen LogP contribution in [0.4, 0.5) is 10.1 Å². The highest BCUT2D eigenvalue weighted by atomic mass is 19.1. The molecule has 1 aromatic carbocycles. The number of nitrogens with zero attached hydrogens (tertiary/aromatic N) is 3. The van der Waals surface area contributed by atoms with Gasteiger partial charge in [-0.15, -0.1) is 0 Å². The lowest BCUT2D eigenvalue weighted by molar-refractivity contribution is -0.385. The van der Waals surface area contributed by atoms with Crippen LogP contribution in [-0.4, -0.2) is 21.8 Å². The van der Waals surface area contributed by atoms with Gasteiger partial charge in [0.15, 0.2) is 0 Å². The van der Waals surface area contributed by atoms with Crippen LogP contribution in [0.15, 0.2) is 18.2 Å². The molecule has 0 aliphatic heterocycles. The average Bonchev–Trinajstić information content (AvgIpc) is 2.66. The van der Waals surface area contributed by atoms with Crippen molar-refractivity contribution in [3.8, 4) is 11.6 Å². The highest BCUT2D eigenvalue weighted by molar-refractivity contribution is 5.49. The second-order valence-electron chi connectivity index (χ2n) is 4.49. The molecule has 0 saturated carbocycles. The van der Waals surface area contributed by atoms with Gasteiger partial charge in [-0.25, -0.2) is 9.07 Å². The summed E-state index contributed by atoms with van der Waals surface area (Å²) in [4.78, 5) is 10.4. The van der Waals surface area contributed by atoms with Crippen LogP contribution in [0.2, 0.25) is 0 Å². The second kappa shape index (κ2) is 5.88. The van der Waals surface area contributed by atoms with Gasteiger partial charge in [0.05, 0.1) is 16.2 Å². The number of halogens is 1. The van der Waals surface area contributed by atoms with Gasteiger partial charge in [0.1, 0.15) is 5.82 Å². The van der Waals surface area contributed by atoms with Crippen molar-refractivity contribution in [2.75, 3.05) is 7.05 Å². The first-order valence-corrected chi connectivity index (χ1v) is 6.23. The number of hydrogen-bond acceptors (Lipinski definition) is 5. The van der Waals surface area contributed by atoms with Crippen molar-refractivity contribution in [1.82, 2.24) is 15.1 Å². The van der Waals surface area contributed by atoms with Crippen molar-refractivity contribution in [1.29, 1.82) is 0 Å². The van der Waals surface area contributed by atoms with Gasteiger partial charge in [-0.05, 0) is 20.0 Å². The molecule has 0 fully saturated rings. The molecule has 7 nitrogen and oxygen atoms in total. The number of nitro benzene ring substituents is 1. The zero-order valence-electron chi connectivity index (χ0n) is 11.9. The molecule has 8 heteroatoms. The van der Waals surface area contributed by atoms with Crippen molar-refractivity contribution in [3.63, 3.8) is 0 Å². The number of aromatic nitrogens is 2. The molecule has 0 aliphatic carbocycles. The third-order valence-corrected chi connectivity index (χ3v) is 2.97. The number of ether oxygens (including phenoxy) is 1. The molecular weight excluding hydrogens is 279 g/mol. The number of hydrogen-bond donors (Lipinski definition) is 1. The summed E-state index contributed by atoms with van der Waals surface area (Å²) in [6.45, 7) is 2.29. The average molecular weight is 294 g/mol. The first kappa shape index (κ1) is 14.9. The molecule has 2 rings (SSSR count). The highest BCUT2D eigenvalue weighted by Crippen LogP contribution is 2.34. The fourth-order valence-electron chi connectivity index (χ4n) is 2.01. The van der Waals surface area contributed by atoms with Crippen LogP contribution >= 0.6 is 0 Å². The molecule has 0 unspecified atom stereocenters. The van der Waals surface area contributed by atoms with E-state index in [1.165, 1.54) is 4.68 Å². The Morgan fingerprint density at radius 1 is 1.52 bits per heavy atom. The molecule has 2 aromatic rings.